The lowest BCUT2D eigenvalue weighted by molar-refractivity contribution is 0.0703. The second-order valence-electron chi connectivity index (χ2n) is 8.39. The van der Waals surface area contributed by atoms with Gasteiger partial charge in [0, 0.05) is 25.0 Å². The van der Waals surface area contributed by atoms with E-state index in [9.17, 15) is 4.79 Å². The zero-order valence-electron chi connectivity index (χ0n) is 13.8. The van der Waals surface area contributed by atoms with Crippen LogP contribution in [0, 0.1) is 10.8 Å². The lowest BCUT2D eigenvalue weighted by atomic mass is 9.65. The number of halogens is 1. The molecule has 1 saturated carbocycles. The summed E-state index contributed by atoms with van der Waals surface area (Å²) >= 11 is 6.01. The van der Waals surface area contributed by atoms with Crippen molar-refractivity contribution in [3.8, 4) is 0 Å². The minimum atomic E-state index is 0.0521. The summed E-state index contributed by atoms with van der Waals surface area (Å²) in [4.78, 5) is 19.6. The summed E-state index contributed by atoms with van der Waals surface area (Å²) in [6.07, 6.45) is 6.95. The molecule has 0 N–H and O–H groups in total. The lowest BCUT2D eigenvalue weighted by Gasteiger charge is -2.39. The molecule has 0 unspecified atom stereocenters. The number of likely N-dealkylation sites (tertiary alicyclic amines) is 1. The predicted octanol–water partition coefficient (Wildman–Crippen LogP) is 4.03. The standard InChI is InChI=1S/C18H22ClN3O/c1-17(2)6-13-7-18(3,10-17)11-22(13)16(23)14-9-21-8-12(19)4-5-15(21)20-14/h4-5,8-9,13H,6-7,10-11H2,1-3H3/t13-,18-/m0/s1. The Morgan fingerprint density at radius 1 is 1.26 bits per heavy atom. The molecule has 2 aromatic heterocycles. The molecule has 2 atom stereocenters. The van der Waals surface area contributed by atoms with Gasteiger partial charge in [0.05, 0.1) is 5.02 Å². The highest BCUT2D eigenvalue weighted by atomic mass is 35.5. The van der Waals surface area contributed by atoms with Gasteiger partial charge in [-0.2, -0.15) is 0 Å². The van der Waals surface area contributed by atoms with Crippen LogP contribution in [-0.4, -0.2) is 32.8 Å². The van der Waals surface area contributed by atoms with E-state index in [0.29, 0.717) is 22.2 Å². The molecule has 3 heterocycles. The van der Waals surface area contributed by atoms with E-state index in [1.54, 1.807) is 18.5 Å². The van der Waals surface area contributed by atoms with Gasteiger partial charge in [-0.3, -0.25) is 4.79 Å². The highest BCUT2D eigenvalue weighted by Crippen LogP contribution is 2.52. The molecule has 0 radical (unpaired) electrons. The van der Waals surface area contributed by atoms with Crippen molar-refractivity contribution >= 4 is 23.2 Å². The summed E-state index contributed by atoms with van der Waals surface area (Å²) in [5.41, 5.74) is 1.82. The quantitative estimate of drug-likeness (QED) is 0.791. The molecule has 0 aromatic carbocycles. The number of pyridine rings is 1. The summed E-state index contributed by atoms with van der Waals surface area (Å²) < 4.78 is 1.82. The van der Waals surface area contributed by atoms with Gasteiger partial charge in [0.2, 0.25) is 0 Å². The van der Waals surface area contributed by atoms with E-state index in [-0.39, 0.29) is 11.3 Å². The number of fused-ring (bicyclic) bond motifs is 3. The SMILES string of the molecule is CC1(C)C[C@H]2C[C@](C)(CN2C(=O)c2cn3cc(Cl)ccc3n2)C1. The second-order valence-corrected chi connectivity index (χ2v) is 8.82. The van der Waals surface area contributed by atoms with Crippen molar-refractivity contribution in [2.45, 2.75) is 46.1 Å². The van der Waals surface area contributed by atoms with Gasteiger partial charge in [-0.05, 0) is 42.2 Å². The summed E-state index contributed by atoms with van der Waals surface area (Å²) in [5, 5.41) is 0.639. The molecule has 1 aliphatic heterocycles. The Hall–Kier alpha value is -1.55. The molecule has 122 valence electrons. The summed E-state index contributed by atoms with van der Waals surface area (Å²) in [7, 11) is 0. The third kappa shape index (κ3) is 2.53. The van der Waals surface area contributed by atoms with Crippen LogP contribution in [0.25, 0.3) is 5.65 Å². The fraction of sp³-hybridized carbons (Fsp3) is 0.556. The highest BCUT2D eigenvalue weighted by Gasteiger charge is 2.51. The van der Waals surface area contributed by atoms with Crippen LogP contribution in [0.15, 0.2) is 24.5 Å². The minimum absolute atomic E-state index is 0.0521. The van der Waals surface area contributed by atoms with Crippen molar-refractivity contribution in [2.75, 3.05) is 6.54 Å². The van der Waals surface area contributed by atoms with Crippen LogP contribution in [-0.2, 0) is 0 Å². The molecule has 1 saturated heterocycles. The number of nitrogens with zero attached hydrogens (tertiary/aromatic N) is 3. The molecule has 4 rings (SSSR count). The Morgan fingerprint density at radius 2 is 2.04 bits per heavy atom. The first-order valence-corrected chi connectivity index (χ1v) is 8.58. The first-order valence-electron chi connectivity index (χ1n) is 8.20. The van der Waals surface area contributed by atoms with E-state index in [2.05, 4.69) is 30.7 Å². The van der Waals surface area contributed by atoms with Gasteiger partial charge in [0.15, 0.2) is 0 Å². The first kappa shape index (κ1) is 15.0. The number of hydrogen-bond acceptors (Lipinski definition) is 2. The summed E-state index contributed by atoms with van der Waals surface area (Å²) in [6, 6.07) is 3.97. The fourth-order valence-corrected chi connectivity index (χ4v) is 5.08. The molecule has 5 heteroatoms. The highest BCUT2D eigenvalue weighted by molar-refractivity contribution is 6.30. The van der Waals surface area contributed by atoms with Crippen LogP contribution in [0.2, 0.25) is 5.02 Å². The van der Waals surface area contributed by atoms with Gasteiger partial charge in [-0.1, -0.05) is 32.4 Å². The van der Waals surface area contributed by atoms with Crippen molar-refractivity contribution < 1.29 is 4.79 Å². The largest absolute Gasteiger partial charge is 0.334 e. The molecule has 2 fully saturated rings. The average Bonchev–Trinajstić information content (AvgIpc) is 2.94. The van der Waals surface area contributed by atoms with Gasteiger partial charge in [0.25, 0.3) is 5.91 Å². The van der Waals surface area contributed by atoms with Crippen LogP contribution < -0.4 is 0 Å². The van der Waals surface area contributed by atoms with E-state index in [0.717, 1.165) is 25.0 Å². The van der Waals surface area contributed by atoms with Crippen LogP contribution in [0.1, 0.15) is 50.5 Å². The number of amides is 1. The van der Waals surface area contributed by atoms with Gasteiger partial charge >= 0.3 is 0 Å². The van der Waals surface area contributed by atoms with Crippen LogP contribution in [0.4, 0.5) is 0 Å². The van der Waals surface area contributed by atoms with Crippen LogP contribution in [0.5, 0.6) is 0 Å². The van der Waals surface area contributed by atoms with Crippen LogP contribution in [0.3, 0.4) is 0 Å². The molecule has 2 aromatic rings. The second kappa shape index (κ2) is 4.73. The van der Waals surface area contributed by atoms with E-state index in [1.807, 2.05) is 10.5 Å². The Morgan fingerprint density at radius 3 is 2.83 bits per heavy atom. The zero-order valence-corrected chi connectivity index (χ0v) is 14.6. The molecule has 4 nitrogen and oxygen atoms in total. The summed E-state index contributed by atoms with van der Waals surface area (Å²) in [5.74, 6) is 0.0521. The fourth-order valence-electron chi connectivity index (χ4n) is 4.91. The summed E-state index contributed by atoms with van der Waals surface area (Å²) in [6.45, 7) is 7.79. The number of carbonyl (C=O) groups is 1. The predicted molar refractivity (Wildman–Crippen MR) is 90.8 cm³/mol. The van der Waals surface area contributed by atoms with Gasteiger partial charge in [-0.25, -0.2) is 4.98 Å². The smallest absolute Gasteiger partial charge is 0.274 e. The Labute approximate surface area is 141 Å². The molecule has 2 aliphatic rings. The number of aromatic nitrogens is 2. The first-order chi connectivity index (χ1) is 10.7. The number of rotatable bonds is 1. The van der Waals surface area contributed by atoms with Crippen molar-refractivity contribution in [1.82, 2.24) is 14.3 Å². The van der Waals surface area contributed by atoms with Gasteiger partial charge in [-0.15, -0.1) is 0 Å². The maximum atomic E-state index is 13.0. The van der Waals surface area contributed by atoms with E-state index < -0.39 is 0 Å². The molecular weight excluding hydrogens is 310 g/mol. The van der Waals surface area contributed by atoms with E-state index in [4.69, 9.17) is 11.6 Å². The number of imidazole rings is 1. The third-order valence-electron chi connectivity index (χ3n) is 5.31. The normalized spacial score (nSPS) is 29.2. The Bertz CT molecular complexity index is 797. The van der Waals surface area contributed by atoms with Gasteiger partial charge in [0.1, 0.15) is 11.3 Å². The molecule has 1 aliphatic carbocycles. The molecular formula is C18H22ClN3O. The maximum Gasteiger partial charge on any atom is 0.274 e. The Kier molecular flexibility index (Phi) is 3.08. The lowest BCUT2D eigenvalue weighted by Crippen LogP contribution is -2.37. The van der Waals surface area contributed by atoms with Crippen molar-refractivity contribution in [2.24, 2.45) is 10.8 Å². The molecule has 1 amide bonds. The monoisotopic (exact) mass is 331 g/mol. The van der Waals surface area contributed by atoms with Crippen molar-refractivity contribution in [3.63, 3.8) is 0 Å². The third-order valence-corrected chi connectivity index (χ3v) is 5.53. The number of hydrogen-bond donors (Lipinski definition) is 0. The number of carbonyl (C=O) groups excluding carboxylic acids is 1. The Balaban J connectivity index is 1.66. The van der Waals surface area contributed by atoms with Gasteiger partial charge < -0.3 is 9.30 Å². The average molecular weight is 332 g/mol. The topological polar surface area (TPSA) is 37.6 Å². The molecule has 0 spiro atoms. The van der Waals surface area contributed by atoms with E-state index in [1.165, 1.54) is 6.42 Å². The van der Waals surface area contributed by atoms with Crippen molar-refractivity contribution in [1.29, 1.82) is 0 Å². The van der Waals surface area contributed by atoms with Crippen LogP contribution >= 0.6 is 11.6 Å². The minimum Gasteiger partial charge on any atom is -0.334 e. The van der Waals surface area contributed by atoms with E-state index >= 15 is 0 Å². The molecule has 2 bridgehead atoms. The maximum absolute atomic E-state index is 13.0. The molecule has 23 heavy (non-hydrogen) atoms. The van der Waals surface area contributed by atoms with Crippen molar-refractivity contribution in [3.05, 3.63) is 35.2 Å². The zero-order chi connectivity index (χ0) is 16.4.